The summed E-state index contributed by atoms with van der Waals surface area (Å²) in [5.41, 5.74) is 7.38. The lowest BCUT2D eigenvalue weighted by molar-refractivity contribution is -0.127. The van der Waals surface area contributed by atoms with Crippen LogP contribution in [0.5, 0.6) is 5.88 Å². The van der Waals surface area contributed by atoms with E-state index < -0.39 is 0 Å². The summed E-state index contributed by atoms with van der Waals surface area (Å²) in [5.74, 6) is -0.0884. The van der Waals surface area contributed by atoms with Crippen molar-refractivity contribution in [3.8, 4) is 5.88 Å². The maximum Gasteiger partial charge on any atom is 0.246 e. The maximum absolute atomic E-state index is 11.9. The van der Waals surface area contributed by atoms with Crippen molar-refractivity contribution in [2.75, 3.05) is 52.4 Å². The maximum atomic E-state index is 11.9. The zero-order valence-electron chi connectivity index (χ0n) is 18.3. The molecule has 0 unspecified atom stereocenters. The first-order valence-electron chi connectivity index (χ1n) is 10.1. The second-order valence-corrected chi connectivity index (χ2v) is 7.10. The zero-order chi connectivity index (χ0) is 23.9. The number of halogens is 1. The number of nitrogens with one attached hydrogen (secondary N) is 2. The summed E-state index contributed by atoms with van der Waals surface area (Å²) < 4.78 is 20.8. The topological polar surface area (TPSA) is 147 Å². The van der Waals surface area contributed by atoms with Crippen LogP contribution >= 0.6 is 11.6 Å². The number of rotatable bonds is 15. The molecule has 0 radical (unpaired) electrons. The van der Waals surface area contributed by atoms with E-state index in [0.29, 0.717) is 32.2 Å². The van der Waals surface area contributed by atoms with Gasteiger partial charge in [-0.2, -0.15) is 4.98 Å². The molecule has 0 bridgehead atoms. The molecule has 2 amide bonds. The van der Waals surface area contributed by atoms with E-state index >= 15 is 0 Å². The summed E-state index contributed by atoms with van der Waals surface area (Å²) in [4.78, 5) is 30.8. The minimum absolute atomic E-state index is 0.0203. The molecule has 1 aromatic carbocycles. The van der Waals surface area contributed by atoms with E-state index in [1.807, 2.05) is 24.3 Å². The lowest BCUT2D eigenvalue weighted by Gasteiger charge is -2.09. The highest BCUT2D eigenvalue weighted by atomic mass is 35.5. The van der Waals surface area contributed by atoms with Gasteiger partial charge >= 0.3 is 0 Å². The van der Waals surface area contributed by atoms with Crippen LogP contribution in [-0.2, 0) is 37.0 Å². The lowest BCUT2D eigenvalue weighted by Crippen LogP contribution is -2.30. The van der Waals surface area contributed by atoms with Crippen molar-refractivity contribution in [3.63, 3.8) is 0 Å². The lowest BCUT2D eigenvalue weighted by atomic mass is 10.1. The molecule has 12 heteroatoms. The molecule has 0 saturated heterocycles. The number of carbonyl (C=O) groups excluding carboxylic acids is 2. The van der Waals surface area contributed by atoms with Gasteiger partial charge in [-0.3, -0.25) is 9.59 Å². The number of carbonyl (C=O) groups is 2. The van der Waals surface area contributed by atoms with Crippen LogP contribution in [0, 0.1) is 0 Å². The smallest absolute Gasteiger partial charge is 0.246 e. The third-order valence-electron chi connectivity index (χ3n) is 4.04. The number of nitrogen functional groups attached to an aromatic ring is 1. The summed E-state index contributed by atoms with van der Waals surface area (Å²) in [6.45, 7) is 1.96. The molecule has 1 heterocycles. The molecule has 180 valence electrons. The number of benzene rings is 1. The van der Waals surface area contributed by atoms with Crippen molar-refractivity contribution in [2.24, 2.45) is 0 Å². The number of aromatic nitrogens is 2. The van der Waals surface area contributed by atoms with Crippen molar-refractivity contribution in [2.45, 2.75) is 13.2 Å². The zero-order valence-corrected chi connectivity index (χ0v) is 19.1. The van der Waals surface area contributed by atoms with Gasteiger partial charge in [-0.05, 0) is 11.1 Å². The van der Waals surface area contributed by atoms with Crippen molar-refractivity contribution in [3.05, 3.63) is 46.6 Å². The number of nitrogens with zero attached hydrogens (tertiary/aromatic N) is 2. The van der Waals surface area contributed by atoms with E-state index in [0.717, 1.165) is 11.1 Å². The molecule has 0 atom stereocenters. The second kappa shape index (κ2) is 15.0. The summed E-state index contributed by atoms with van der Waals surface area (Å²) >= 11 is 5.82. The Morgan fingerprint density at radius 3 is 2.39 bits per heavy atom. The van der Waals surface area contributed by atoms with Gasteiger partial charge in [-0.15, -0.1) is 0 Å². The fourth-order valence-electron chi connectivity index (χ4n) is 2.48. The average molecular weight is 482 g/mol. The number of hydrogen-bond acceptors (Lipinski definition) is 9. The fraction of sp³-hybridized carbons (Fsp3) is 0.429. The van der Waals surface area contributed by atoms with Crippen molar-refractivity contribution < 1.29 is 28.5 Å². The summed E-state index contributed by atoms with van der Waals surface area (Å²) in [5, 5.41) is 5.63. The predicted molar refractivity (Wildman–Crippen MR) is 121 cm³/mol. The van der Waals surface area contributed by atoms with E-state index in [1.165, 1.54) is 13.2 Å². The van der Waals surface area contributed by atoms with Crippen molar-refractivity contribution in [1.29, 1.82) is 0 Å². The molecule has 0 spiro atoms. The number of nitrogens with two attached hydrogens (primary N) is 1. The molecular formula is C21H28ClN5O6. The van der Waals surface area contributed by atoms with E-state index in [-0.39, 0.29) is 49.3 Å². The first-order valence-corrected chi connectivity index (χ1v) is 10.5. The fourth-order valence-corrected chi connectivity index (χ4v) is 2.66. The van der Waals surface area contributed by atoms with Crippen LogP contribution in [0.4, 0.5) is 5.95 Å². The Morgan fingerprint density at radius 1 is 0.970 bits per heavy atom. The number of amides is 2. The average Bonchev–Trinajstić information content (AvgIpc) is 2.78. The molecule has 2 aromatic rings. The molecular weight excluding hydrogens is 454 g/mol. The molecule has 0 aliphatic carbocycles. The highest BCUT2D eigenvalue weighted by Crippen LogP contribution is 2.16. The highest BCUT2D eigenvalue weighted by Gasteiger charge is 2.05. The Bertz CT molecular complexity index is 864. The van der Waals surface area contributed by atoms with Crippen LogP contribution < -0.4 is 21.1 Å². The van der Waals surface area contributed by atoms with Crippen LogP contribution in [0.2, 0.25) is 5.15 Å². The van der Waals surface area contributed by atoms with Crippen molar-refractivity contribution >= 4 is 29.4 Å². The first kappa shape index (κ1) is 26.3. The van der Waals surface area contributed by atoms with Gasteiger partial charge in [0.25, 0.3) is 0 Å². The van der Waals surface area contributed by atoms with Gasteiger partial charge < -0.3 is 35.3 Å². The van der Waals surface area contributed by atoms with Gasteiger partial charge in [0.2, 0.25) is 23.6 Å². The molecule has 0 aliphatic rings. The van der Waals surface area contributed by atoms with Crippen LogP contribution in [0.15, 0.2) is 30.3 Å². The SMILES string of the molecule is COCC(=O)NCCOCCOCC(=O)NCc1ccc(COc2cc(Cl)nc(N)n2)cc1. The van der Waals surface area contributed by atoms with Gasteiger partial charge in [-0.1, -0.05) is 35.9 Å². The quantitative estimate of drug-likeness (QED) is 0.247. The van der Waals surface area contributed by atoms with E-state index in [4.69, 9.17) is 36.3 Å². The van der Waals surface area contributed by atoms with Gasteiger partial charge in [0.1, 0.15) is 25.0 Å². The standard InChI is InChI=1S/C21H28ClN5O6/c1-30-13-18(28)24-6-7-31-8-9-32-14-19(29)25-11-15-2-4-16(5-3-15)12-33-20-10-17(22)26-21(23)27-20/h2-5,10H,6-9,11-14H2,1H3,(H,24,28)(H,25,29)(H2,23,26,27). The second-order valence-electron chi connectivity index (χ2n) is 6.72. The number of anilines is 1. The van der Waals surface area contributed by atoms with Gasteiger partial charge in [0.05, 0.1) is 19.8 Å². The Labute approximate surface area is 196 Å². The molecule has 4 N–H and O–H groups in total. The number of methoxy groups -OCH3 is 1. The Kier molecular flexibility index (Phi) is 11.9. The van der Waals surface area contributed by atoms with E-state index in [9.17, 15) is 9.59 Å². The summed E-state index contributed by atoms with van der Waals surface area (Å²) in [6, 6.07) is 9.04. The Hall–Kier alpha value is -2.99. The third kappa shape index (κ3) is 11.4. The molecule has 0 saturated carbocycles. The normalized spacial score (nSPS) is 10.6. The number of hydrogen-bond donors (Lipinski definition) is 3. The summed E-state index contributed by atoms with van der Waals surface area (Å²) in [6.07, 6.45) is 0. The van der Waals surface area contributed by atoms with Crippen LogP contribution in [0.25, 0.3) is 0 Å². The minimum Gasteiger partial charge on any atom is -0.473 e. The largest absolute Gasteiger partial charge is 0.473 e. The predicted octanol–water partition coefficient (Wildman–Crippen LogP) is 0.703. The molecule has 33 heavy (non-hydrogen) atoms. The van der Waals surface area contributed by atoms with Gasteiger partial charge in [0.15, 0.2) is 0 Å². The Morgan fingerprint density at radius 2 is 1.67 bits per heavy atom. The molecule has 0 aliphatic heterocycles. The third-order valence-corrected chi connectivity index (χ3v) is 4.23. The first-order chi connectivity index (χ1) is 16.0. The Balaban J connectivity index is 1.54. The van der Waals surface area contributed by atoms with E-state index in [1.54, 1.807) is 0 Å². The van der Waals surface area contributed by atoms with Crippen LogP contribution in [-0.4, -0.2) is 68.5 Å². The van der Waals surface area contributed by atoms with Gasteiger partial charge in [-0.25, -0.2) is 4.98 Å². The van der Waals surface area contributed by atoms with Crippen molar-refractivity contribution in [1.82, 2.24) is 20.6 Å². The molecule has 0 fully saturated rings. The number of ether oxygens (including phenoxy) is 4. The molecule has 11 nitrogen and oxygen atoms in total. The van der Waals surface area contributed by atoms with E-state index in [2.05, 4.69) is 20.6 Å². The minimum atomic E-state index is -0.229. The van der Waals surface area contributed by atoms with Crippen LogP contribution in [0.1, 0.15) is 11.1 Å². The molecule has 1 aromatic heterocycles. The summed E-state index contributed by atoms with van der Waals surface area (Å²) in [7, 11) is 1.45. The van der Waals surface area contributed by atoms with Gasteiger partial charge in [0, 0.05) is 26.3 Å². The molecule has 2 rings (SSSR count). The monoisotopic (exact) mass is 481 g/mol. The van der Waals surface area contributed by atoms with Crippen LogP contribution in [0.3, 0.4) is 0 Å². The highest BCUT2D eigenvalue weighted by molar-refractivity contribution is 6.29.